The quantitative estimate of drug-likeness (QED) is 0.524. The van der Waals surface area contributed by atoms with Crippen LogP contribution in [0.4, 0.5) is 0 Å². The van der Waals surface area contributed by atoms with Crippen molar-refractivity contribution < 1.29 is 18.0 Å². The summed E-state index contributed by atoms with van der Waals surface area (Å²) in [4.78, 5) is 35.1. The number of primary amides is 1. The van der Waals surface area contributed by atoms with Crippen LogP contribution >= 0.6 is 22.9 Å². The number of hydrogen-bond acceptors (Lipinski definition) is 7. The molecule has 2 amide bonds. The van der Waals surface area contributed by atoms with Gasteiger partial charge in [0.1, 0.15) is 6.04 Å². The number of sulfonamides is 1. The standard InChI is InChI=1S/C24H26ClN5O4S2/c1-2-28-8-7-19-21(14-28)35-23(27-19)24(32)30-10-9-29(13-20(30)22(26)31)36(33,34)18-6-4-15-11-17(25)5-3-16(15)12-18/h3-6,11-12,20H,2,7-10,13-14H2,1H3,(H2,26,31). The molecule has 0 spiro atoms. The molecule has 36 heavy (non-hydrogen) atoms. The summed E-state index contributed by atoms with van der Waals surface area (Å²) in [6, 6.07) is 8.92. The summed E-state index contributed by atoms with van der Waals surface area (Å²) < 4.78 is 28.1. The Labute approximate surface area is 218 Å². The Balaban J connectivity index is 1.37. The number of nitrogens with two attached hydrogens (primary N) is 1. The first-order chi connectivity index (χ1) is 17.2. The van der Waals surface area contributed by atoms with E-state index in [1.54, 1.807) is 30.3 Å². The summed E-state index contributed by atoms with van der Waals surface area (Å²) in [7, 11) is -3.92. The van der Waals surface area contributed by atoms with E-state index in [9.17, 15) is 18.0 Å². The molecule has 2 aliphatic rings. The summed E-state index contributed by atoms with van der Waals surface area (Å²) in [5, 5.41) is 2.43. The summed E-state index contributed by atoms with van der Waals surface area (Å²) in [6.45, 7) is 4.54. The van der Waals surface area contributed by atoms with E-state index in [-0.39, 0.29) is 30.4 Å². The Bertz CT molecular complexity index is 1460. The SMILES string of the molecule is CCN1CCc2nc(C(=O)N3CCN(S(=O)(=O)c4ccc5cc(Cl)ccc5c4)CC3C(N)=O)sc2C1. The molecule has 3 aromatic rings. The number of carbonyl (C=O) groups is 2. The van der Waals surface area contributed by atoms with Crippen LogP contribution in [-0.4, -0.2) is 78.1 Å². The molecule has 2 N–H and O–H groups in total. The van der Waals surface area contributed by atoms with Crippen LogP contribution in [0.2, 0.25) is 5.02 Å². The summed E-state index contributed by atoms with van der Waals surface area (Å²) in [5.41, 5.74) is 6.57. The van der Waals surface area contributed by atoms with Crippen molar-refractivity contribution in [3.63, 3.8) is 0 Å². The number of thiazole rings is 1. The van der Waals surface area contributed by atoms with Crippen LogP contribution in [0.25, 0.3) is 10.8 Å². The molecule has 0 aliphatic carbocycles. The van der Waals surface area contributed by atoms with Gasteiger partial charge in [-0.2, -0.15) is 4.31 Å². The topological polar surface area (TPSA) is 117 Å². The number of rotatable bonds is 5. The zero-order valence-electron chi connectivity index (χ0n) is 19.7. The maximum Gasteiger partial charge on any atom is 0.283 e. The predicted molar refractivity (Wildman–Crippen MR) is 139 cm³/mol. The summed E-state index contributed by atoms with van der Waals surface area (Å²) in [6.07, 6.45) is 0.774. The van der Waals surface area contributed by atoms with Crippen molar-refractivity contribution in [1.82, 2.24) is 19.1 Å². The first-order valence-electron chi connectivity index (χ1n) is 11.7. The number of likely N-dealkylation sites (N-methyl/N-ethyl adjacent to an activating group) is 1. The van der Waals surface area contributed by atoms with Gasteiger partial charge in [-0.05, 0) is 41.6 Å². The Hall–Kier alpha value is -2.57. The highest BCUT2D eigenvalue weighted by atomic mass is 35.5. The number of benzene rings is 2. The number of aromatic nitrogens is 1. The van der Waals surface area contributed by atoms with Gasteiger partial charge in [-0.1, -0.05) is 30.7 Å². The first kappa shape index (κ1) is 25.1. The number of amides is 2. The zero-order chi connectivity index (χ0) is 25.6. The summed E-state index contributed by atoms with van der Waals surface area (Å²) >= 11 is 7.37. The Morgan fingerprint density at radius 3 is 2.64 bits per heavy atom. The number of fused-ring (bicyclic) bond motifs is 2. The van der Waals surface area contributed by atoms with Gasteiger partial charge in [0.05, 0.1) is 10.6 Å². The lowest BCUT2D eigenvalue weighted by Gasteiger charge is -2.38. The smallest absolute Gasteiger partial charge is 0.283 e. The van der Waals surface area contributed by atoms with E-state index < -0.39 is 22.0 Å². The minimum atomic E-state index is -3.92. The van der Waals surface area contributed by atoms with E-state index in [4.69, 9.17) is 17.3 Å². The van der Waals surface area contributed by atoms with Gasteiger partial charge in [0.2, 0.25) is 15.9 Å². The van der Waals surface area contributed by atoms with Gasteiger partial charge in [0.15, 0.2) is 5.01 Å². The average Bonchev–Trinajstić information content (AvgIpc) is 3.30. The molecule has 2 aromatic carbocycles. The minimum absolute atomic E-state index is 0.0419. The van der Waals surface area contributed by atoms with Crippen LogP contribution in [0.1, 0.15) is 27.3 Å². The number of carbonyl (C=O) groups excluding carboxylic acids is 2. The second-order valence-electron chi connectivity index (χ2n) is 8.94. The monoisotopic (exact) mass is 547 g/mol. The first-order valence-corrected chi connectivity index (χ1v) is 14.3. The second-order valence-corrected chi connectivity index (χ2v) is 12.4. The molecule has 190 valence electrons. The number of piperazine rings is 1. The number of halogens is 1. The van der Waals surface area contributed by atoms with Gasteiger partial charge in [-0.3, -0.25) is 14.5 Å². The molecule has 9 nitrogen and oxygen atoms in total. The van der Waals surface area contributed by atoms with Crippen LogP contribution in [-0.2, 0) is 27.8 Å². The lowest BCUT2D eigenvalue weighted by atomic mass is 10.1. The molecule has 0 saturated carbocycles. The molecule has 12 heteroatoms. The van der Waals surface area contributed by atoms with E-state index in [1.807, 2.05) is 0 Å². The van der Waals surface area contributed by atoms with Crippen LogP contribution < -0.4 is 5.73 Å². The second kappa shape index (κ2) is 9.71. The molecule has 5 rings (SSSR count). The molecule has 0 bridgehead atoms. The van der Waals surface area contributed by atoms with Crippen molar-refractivity contribution in [1.29, 1.82) is 0 Å². The van der Waals surface area contributed by atoms with E-state index in [0.29, 0.717) is 10.0 Å². The van der Waals surface area contributed by atoms with Gasteiger partial charge in [0, 0.05) is 49.0 Å². The molecular formula is C24H26ClN5O4S2. The van der Waals surface area contributed by atoms with Crippen molar-refractivity contribution in [3.05, 3.63) is 57.0 Å². The Morgan fingerprint density at radius 1 is 1.14 bits per heavy atom. The van der Waals surface area contributed by atoms with Gasteiger partial charge in [-0.15, -0.1) is 11.3 Å². The lowest BCUT2D eigenvalue weighted by Crippen LogP contribution is -2.60. The fourth-order valence-corrected chi connectivity index (χ4v) is 7.46. The van der Waals surface area contributed by atoms with Crippen molar-refractivity contribution in [2.45, 2.75) is 30.8 Å². The third kappa shape index (κ3) is 4.61. The normalized spacial score (nSPS) is 19.4. The van der Waals surface area contributed by atoms with Crippen LogP contribution in [0.15, 0.2) is 41.3 Å². The predicted octanol–water partition coefficient (Wildman–Crippen LogP) is 2.33. The van der Waals surface area contributed by atoms with Gasteiger partial charge in [-0.25, -0.2) is 13.4 Å². The van der Waals surface area contributed by atoms with Crippen molar-refractivity contribution in [2.75, 3.05) is 32.7 Å². The molecule has 1 unspecified atom stereocenters. The Morgan fingerprint density at radius 2 is 1.89 bits per heavy atom. The van der Waals surface area contributed by atoms with E-state index in [0.717, 1.165) is 47.4 Å². The molecule has 0 radical (unpaired) electrons. The highest BCUT2D eigenvalue weighted by Gasteiger charge is 2.40. The van der Waals surface area contributed by atoms with Crippen molar-refractivity contribution in [3.8, 4) is 0 Å². The fraction of sp³-hybridized carbons (Fsp3) is 0.375. The molecule has 1 saturated heterocycles. The van der Waals surface area contributed by atoms with Crippen LogP contribution in [0.5, 0.6) is 0 Å². The molecule has 1 fully saturated rings. The molecule has 1 aromatic heterocycles. The van der Waals surface area contributed by atoms with Gasteiger partial charge >= 0.3 is 0 Å². The van der Waals surface area contributed by atoms with Crippen LogP contribution in [0.3, 0.4) is 0 Å². The molecule has 2 aliphatic heterocycles. The van der Waals surface area contributed by atoms with E-state index >= 15 is 0 Å². The largest absolute Gasteiger partial charge is 0.368 e. The number of hydrogen-bond donors (Lipinski definition) is 1. The van der Waals surface area contributed by atoms with Gasteiger partial charge in [0.25, 0.3) is 5.91 Å². The molecule has 1 atom stereocenters. The Kier molecular flexibility index (Phi) is 6.77. The average molecular weight is 548 g/mol. The highest BCUT2D eigenvalue weighted by Crippen LogP contribution is 2.29. The van der Waals surface area contributed by atoms with E-state index in [2.05, 4.69) is 16.8 Å². The summed E-state index contributed by atoms with van der Waals surface area (Å²) in [5.74, 6) is -1.14. The lowest BCUT2D eigenvalue weighted by molar-refractivity contribution is -0.123. The van der Waals surface area contributed by atoms with Gasteiger partial charge < -0.3 is 10.6 Å². The highest BCUT2D eigenvalue weighted by molar-refractivity contribution is 7.89. The molecular weight excluding hydrogens is 522 g/mol. The minimum Gasteiger partial charge on any atom is -0.368 e. The zero-order valence-corrected chi connectivity index (χ0v) is 22.1. The van der Waals surface area contributed by atoms with Crippen molar-refractivity contribution in [2.24, 2.45) is 5.73 Å². The third-order valence-corrected chi connectivity index (χ3v) is 9.95. The van der Waals surface area contributed by atoms with Crippen LogP contribution in [0, 0.1) is 0 Å². The fourth-order valence-electron chi connectivity index (χ4n) is 4.70. The van der Waals surface area contributed by atoms with Crippen molar-refractivity contribution >= 4 is 55.5 Å². The third-order valence-electron chi connectivity index (χ3n) is 6.78. The van der Waals surface area contributed by atoms with E-state index in [1.165, 1.54) is 26.6 Å². The number of nitrogens with zero attached hydrogens (tertiary/aromatic N) is 4. The maximum atomic E-state index is 13.4. The maximum absolute atomic E-state index is 13.4. The molecule has 3 heterocycles.